The molecule has 1 aliphatic heterocycles. The molecule has 15 heavy (non-hydrogen) atoms. The summed E-state index contributed by atoms with van der Waals surface area (Å²) in [6.45, 7) is 0.128. The highest BCUT2D eigenvalue weighted by Crippen LogP contribution is 2.22. The summed E-state index contributed by atoms with van der Waals surface area (Å²) in [4.78, 5) is 0.323. The Morgan fingerprint density at radius 3 is 2.20 bits per heavy atom. The largest absolute Gasteiger partial charge is 0.393 e. The molecule has 1 saturated heterocycles. The van der Waals surface area contributed by atoms with E-state index in [9.17, 15) is 17.2 Å². The first-order valence-corrected chi connectivity index (χ1v) is 6.33. The van der Waals surface area contributed by atoms with E-state index in [0.29, 0.717) is 17.8 Å². The molecule has 0 bridgehead atoms. The number of hydrogen-bond acceptors (Lipinski definition) is 3. The average Bonchev–Trinajstić information content (AvgIpc) is 2.17. The summed E-state index contributed by atoms with van der Waals surface area (Å²) in [7, 11) is -4.43. The smallest absolute Gasteiger partial charge is 0.350 e. The number of sulfonamides is 1. The van der Waals surface area contributed by atoms with Crippen molar-refractivity contribution >= 4 is 27.2 Å². The molecule has 0 saturated carbocycles. The predicted octanol–water partition coefficient (Wildman–Crippen LogP) is 0.537. The van der Waals surface area contributed by atoms with Crippen LogP contribution in [0.3, 0.4) is 0 Å². The molecule has 88 valence electrons. The van der Waals surface area contributed by atoms with Gasteiger partial charge in [-0.2, -0.15) is 13.1 Å². The molecule has 0 aliphatic carbocycles. The minimum absolute atomic E-state index is 0.0378. The first kappa shape index (κ1) is 12.7. The molecule has 0 atom stereocenters. The van der Waals surface area contributed by atoms with Crippen LogP contribution in [0.1, 0.15) is 12.8 Å². The minimum atomic E-state index is -4.43. The molecule has 1 aliphatic rings. The molecule has 1 rings (SSSR count). The Bertz CT molecular complexity index is 337. The molecule has 1 heterocycles. The topological polar surface area (TPSA) is 63.4 Å². The van der Waals surface area contributed by atoms with Gasteiger partial charge in [-0.1, -0.05) is 12.2 Å². The zero-order chi connectivity index (χ0) is 11.6. The Labute approximate surface area is 92.5 Å². The van der Waals surface area contributed by atoms with E-state index in [2.05, 4.69) is 0 Å². The van der Waals surface area contributed by atoms with Gasteiger partial charge in [-0.3, -0.25) is 0 Å². The molecule has 0 unspecified atom stereocenters. The van der Waals surface area contributed by atoms with E-state index in [0.717, 1.165) is 4.31 Å². The third-order valence-electron chi connectivity index (χ3n) is 2.44. The highest BCUT2D eigenvalue weighted by molar-refractivity contribution is 7.89. The number of rotatable bonds is 3. The Kier molecular flexibility index (Phi) is 3.96. The van der Waals surface area contributed by atoms with E-state index in [-0.39, 0.29) is 19.0 Å². The van der Waals surface area contributed by atoms with Crippen molar-refractivity contribution in [1.82, 2.24) is 4.31 Å². The second-order valence-corrected chi connectivity index (χ2v) is 5.76. The van der Waals surface area contributed by atoms with E-state index in [1.165, 1.54) is 0 Å². The van der Waals surface area contributed by atoms with Crippen molar-refractivity contribution in [3.05, 3.63) is 0 Å². The molecule has 0 amide bonds. The molecule has 2 N–H and O–H groups in total. The van der Waals surface area contributed by atoms with E-state index in [1.807, 2.05) is 0 Å². The van der Waals surface area contributed by atoms with Gasteiger partial charge in [-0.25, -0.2) is 8.42 Å². The molecule has 1 fully saturated rings. The van der Waals surface area contributed by atoms with E-state index < -0.39 is 15.8 Å². The average molecular weight is 258 g/mol. The Hall–Kier alpha value is -0.340. The van der Waals surface area contributed by atoms with Gasteiger partial charge in [0.25, 0.3) is 10.0 Å². The fourth-order valence-corrected chi connectivity index (χ4v) is 2.69. The third-order valence-corrected chi connectivity index (χ3v) is 4.31. The molecule has 4 nitrogen and oxygen atoms in total. The van der Waals surface area contributed by atoms with Crippen LogP contribution < -0.4 is 5.73 Å². The SMILES string of the molecule is NC(=S)C1CCN(S(=O)(=O)C(F)F)CC1. The van der Waals surface area contributed by atoms with Gasteiger partial charge in [0, 0.05) is 19.0 Å². The standard InChI is InChI=1S/C7H12F2N2O2S2/c8-7(9)15(12,13)11-3-1-5(2-4-11)6(10)14/h5,7H,1-4H2,(H2,10,14). The van der Waals surface area contributed by atoms with Gasteiger partial charge < -0.3 is 5.73 Å². The Morgan fingerprint density at radius 2 is 1.87 bits per heavy atom. The highest BCUT2D eigenvalue weighted by atomic mass is 32.2. The molecule has 0 aromatic heterocycles. The van der Waals surface area contributed by atoms with Crippen LogP contribution in [-0.2, 0) is 10.0 Å². The van der Waals surface area contributed by atoms with Gasteiger partial charge in [-0.05, 0) is 12.8 Å². The number of hydrogen-bond donors (Lipinski definition) is 1. The van der Waals surface area contributed by atoms with Crippen LogP contribution >= 0.6 is 12.2 Å². The molecular formula is C7H12F2N2O2S2. The fraction of sp³-hybridized carbons (Fsp3) is 0.857. The van der Waals surface area contributed by atoms with E-state index in [1.54, 1.807) is 0 Å². The van der Waals surface area contributed by atoms with Crippen LogP contribution in [0, 0.1) is 5.92 Å². The molecule has 0 spiro atoms. The summed E-state index contributed by atoms with van der Waals surface area (Å²) in [5.41, 5.74) is 5.40. The van der Waals surface area contributed by atoms with Crippen molar-refractivity contribution < 1.29 is 17.2 Å². The lowest BCUT2D eigenvalue weighted by Gasteiger charge is -2.30. The maximum absolute atomic E-state index is 12.2. The second kappa shape index (κ2) is 4.67. The van der Waals surface area contributed by atoms with Crippen molar-refractivity contribution in [2.24, 2.45) is 11.7 Å². The van der Waals surface area contributed by atoms with Crippen LogP contribution in [-0.4, -0.2) is 36.6 Å². The monoisotopic (exact) mass is 258 g/mol. The maximum Gasteiger partial charge on any atom is 0.350 e. The summed E-state index contributed by atoms with van der Waals surface area (Å²) in [6.07, 6.45) is 0.836. The number of halogens is 2. The van der Waals surface area contributed by atoms with Crippen LogP contribution in [0.4, 0.5) is 8.78 Å². The lowest BCUT2D eigenvalue weighted by molar-refractivity contribution is 0.210. The summed E-state index contributed by atoms with van der Waals surface area (Å²) in [6, 6.07) is 0. The van der Waals surface area contributed by atoms with Gasteiger partial charge in [0.15, 0.2) is 0 Å². The van der Waals surface area contributed by atoms with Crippen LogP contribution in [0.15, 0.2) is 0 Å². The van der Waals surface area contributed by atoms with Gasteiger partial charge in [0.1, 0.15) is 0 Å². The van der Waals surface area contributed by atoms with Gasteiger partial charge in [-0.15, -0.1) is 0 Å². The number of thiocarbonyl (C=S) groups is 1. The first-order valence-electron chi connectivity index (χ1n) is 4.42. The zero-order valence-electron chi connectivity index (χ0n) is 7.90. The quantitative estimate of drug-likeness (QED) is 0.750. The number of nitrogens with two attached hydrogens (primary N) is 1. The van der Waals surface area contributed by atoms with Crippen molar-refractivity contribution in [2.75, 3.05) is 13.1 Å². The van der Waals surface area contributed by atoms with E-state index in [4.69, 9.17) is 18.0 Å². The van der Waals surface area contributed by atoms with Crippen molar-refractivity contribution in [1.29, 1.82) is 0 Å². The first-order chi connectivity index (χ1) is 6.85. The van der Waals surface area contributed by atoms with E-state index >= 15 is 0 Å². The Morgan fingerprint density at radius 1 is 1.40 bits per heavy atom. The van der Waals surface area contributed by atoms with Crippen LogP contribution in [0.5, 0.6) is 0 Å². The number of piperidine rings is 1. The molecule has 0 aromatic carbocycles. The van der Waals surface area contributed by atoms with Gasteiger partial charge in [0.05, 0.1) is 4.99 Å². The maximum atomic E-state index is 12.2. The lowest BCUT2D eigenvalue weighted by Crippen LogP contribution is -2.43. The van der Waals surface area contributed by atoms with Crippen molar-refractivity contribution in [3.63, 3.8) is 0 Å². The summed E-state index contributed by atoms with van der Waals surface area (Å²) >= 11 is 4.76. The summed E-state index contributed by atoms with van der Waals surface area (Å²) in [5.74, 6) is -3.39. The van der Waals surface area contributed by atoms with Crippen LogP contribution in [0.2, 0.25) is 0 Å². The van der Waals surface area contributed by atoms with Gasteiger partial charge in [0.2, 0.25) is 0 Å². The predicted molar refractivity (Wildman–Crippen MR) is 56.0 cm³/mol. The number of alkyl halides is 2. The number of nitrogens with zero attached hydrogens (tertiary/aromatic N) is 1. The summed E-state index contributed by atoms with van der Waals surface area (Å²) in [5, 5.41) is 0. The fourth-order valence-electron chi connectivity index (χ4n) is 1.51. The molecular weight excluding hydrogens is 246 g/mol. The van der Waals surface area contributed by atoms with Crippen LogP contribution in [0.25, 0.3) is 0 Å². The van der Waals surface area contributed by atoms with Crippen molar-refractivity contribution in [3.8, 4) is 0 Å². The van der Waals surface area contributed by atoms with Gasteiger partial charge >= 0.3 is 5.76 Å². The minimum Gasteiger partial charge on any atom is -0.393 e. The summed E-state index contributed by atoms with van der Waals surface area (Å²) < 4.78 is 47.3. The second-order valence-electron chi connectivity index (χ2n) is 3.38. The Balaban J connectivity index is 2.62. The lowest BCUT2D eigenvalue weighted by atomic mass is 9.98. The molecule has 0 radical (unpaired) electrons. The van der Waals surface area contributed by atoms with Crippen molar-refractivity contribution in [2.45, 2.75) is 18.6 Å². The normalized spacial score (nSPS) is 20.7. The molecule has 0 aromatic rings. The third kappa shape index (κ3) is 2.82. The zero-order valence-corrected chi connectivity index (χ0v) is 9.53. The molecule has 8 heteroatoms. The highest BCUT2D eigenvalue weighted by Gasteiger charge is 2.35.